The average Bonchev–Trinajstić information content (AvgIpc) is 2.60. The van der Waals surface area contributed by atoms with Gasteiger partial charge in [-0.2, -0.15) is 0 Å². The van der Waals surface area contributed by atoms with Crippen molar-refractivity contribution in [1.82, 2.24) is 5.32 Å². The van der Waals surface area contributed by atoms with Crippen molar-refractivity contribution in [2.75, 3.05) is 6.54 Å². The Labute approximate surface area is 56.8 Å². The molecule has 0 spiro atoms. The van der Waals surface area contributed by atoms with Crippen LogP contribution in [0.4, 0.5) is 0 Å². The van der Waals surface area contributed by atoms with E-state index >= 15 is 0 Å². The molecule has 1 heterocycles. The van der Waals surface area contributed by atoms with E-state index in [0.717, 1.165) is 5.92 Å². The molecule has 1 nitrogen and oxygen atoms in total. The first-order valence-electron chi connectivity index (χ1n) is 4.06. The van der Waals surface area contributed by atoms with Gasteiger partial charge in [0.1, 0.15) is 0 Å². The molecule has 9 heavy (non-hydrogen) atoms. The molecule has 1 saturated carbocycles. The Kier molecular flexibility index (Phi) is 1.10. The Bertz CT molecular complexity index is 110. The highest BCUT2D eigenvalue weighted by molar-refractivity contribution is 5.00. The van der Waals surface area contributed by atoms with E-state index in [2.05, 4.69) is 12.2 Å². The molecule has 2 aliphatic rings. The second-order valence-electron chi connectivity index (χ2n) is 3.72. The summed E-state index contributed by atoms with van der Waals surface area (Å²) in [6.45, 7) is 3.64. The maximum atomic E-state index is 3.59. The molecule has 0 radical (unpaired) electrons. The number of hydrogen-bond donors (Lipinski definition) is 1. The molecule has 2 rings (SSSR count). The second-order valence-corrected chi connectivity index (χ2v) is 3.72. The molecule has 1 N–H and O–H groups in total. The standard InChI is InChI=1S/C8H15N/c1-8(7-3-4-7)5-2-6-9-8/h7,9H,2-6H2,1H3. The molecule has 1 heteroatoms. The minimum absolute atomic E-state index is 0.556. The molecule has 0 amide bonds. The third-order valence-corrected chi connectivity index (χ3v) is 2.88. The van der Waals surface area contributed by atoms with Crippen LogP contribution >= 0.6 is 0 Å². The summed E-state index contributed by atoms with van der Waals surface area (Å²) in [4.78, 5) is 0. The molecule has 1 saturated heterocycles. The number of hydrogen-bond acceptors (Lipinski definition) is 1. The van der Waals surface area contributed by atoms with Gasteiger partial charge in [-0.25, -0.2) is 0 Å². The van der Waals surface area contributed by atoms with Gasteiger partial charge in [0.2, 0.25) is 0 Å². The lowest BCUT2D eigenvalue weighted by Crippen LogP contribution is -2.38. The van der Waals surface area contributed by atoms with Crippen molar-refractivity contribution in [3.8, 4) is 0 Å². The normalized spacial score (nSPS) is 43.7. The highest BCUT2D eigenvalue weighted by Gasteiger charge is 2.42. The molecule has 1 unspecified atom stereocenters. The third-order valence-electron chi connectivity index (χ3n) is 2.88. The Morgan fingerprint density at radius 2 is 2.22 bits per heavy atom. The SMILES string of the molecule is CC1(C2CC2)CCCN1. The molecule has 52 valence electrons. The van der Waals surface area contributed by atoms with Crippen LogP contribution in [0.2, 0.25) is 0 Å². The molecule has 1 aliphatic carbocycles. The Morgan fingerprint density at radius 3 is 2.67 bits per heavy atom. The molecule has 1 atom stereocenters. The summed E-state index contributed by atoms with van der Waals surface area (Å²) in [7, 11) is 0. The van der Waals surface area contributed by atoms with E-state index in [0.29, 0.717) is 5.54 Å². The van der Waals surface area contributed by atoms with Gasteiger partial charge < -0.3 is 5.32 Å². The van der Waals surface area contributed by atoms with Gasteiger partial charge >= 0.3 is 0 Å². The fourth-order valence-corrected chi connectivity index (χ4v) is 1.99. The van der Waals surface area contributed by atoms with Crippen LogP contribution in [0.25, 0.3) is 0 Å². The van der Waals surface area contributed by atoms with Crippen LogP contribution in [0.3, 0.4) is 0 Å². The topological polar surface area (TPSA) is 12.0 Å². The Morgan fingerprint density at radius 1 is 1.44 bits per heavy atom. The van der Waals surface area contributed by atoms with Crippen molar-refractivity contribution in [2.45, 2.75) is 38.1 Å². The molecular weight excluding hydrogens is 110 g/mol. The van der Waals surface area contributed by atoms with Crippen LogP contribution in [0.15, 0.2) is 0 Å². The van der Waals surface area contributed by atoms with Crippen LogP contribution in [-0.2, 0) is 0 Å². The van der Waals surface area contributed by atoms with Crippen LogP contribution in [0.5, 0.6) is 0 Å². The van der Waals surface area contributed by atoms with Gasteiger partial charge in [0.25, 0.3) is 0 Å². The smallest absolute Gasteiger partial charge is 0.0181 e. The van der Waals surface area contributed by atoms with Gasteiger partial charge in [-0.15, -0.1) is 0 Å². The van der Waals surface area contributed by atoms with Crippen LogP contribution < -0.4 is 5.32 Å². The van der Waals surface area contributed by atoms with E-state index in [1.807, 2.05) is 0 Å². The lowest BCUT2D eigenvalue weighted by Gasteiger charge is -2.23. The number of nitrogens with one attached hydrogen (secondary N) is 1. The van der Waals surface area contributed by atoms with E-state index < -0.39 is 0 Å². The quantitative estimate of drug-likeness (QED) is 0.560. The van der Waals surface area contributed by atoms with Crippen molar-refractivity contribution >= 4 is 0 Å². The summed E-state index contributed by atoms with van der Waals surface area (Å²) >= 11 is 0. The fourth-order valence-electron chi connectivity index (χ4n) is 1.99. The molecule has 0 aromatic heterocycles. The van der Waals surface area contributed by atoms with Crippen molar-refractivity contribution in [1.29, 1.82) is 0 Å². The van der Waals surface area contributed by atoms with Gasteiger partial charge in [-0.05, 0) is 45.1 Å². The molecule has 2 fully saturated rings. The van der Waals surface area contributed by atoms with Crippen molar-refractivity contribution in [3.05, 3.63) is 0 Å². The van der Waals surface area contributed by atoms with Gasteiger partial charge in [-0.3, -0.25) is 0 Å². The van der Waals surface area contributed by atoms with E-state index in [-0.39, 0.29) is 0 Å². The van der Waals surface area contributed by atoms with Crippen molar-refractivity contribution < 1.29 is 0 Å². The molecule has 0 aromatic carbocycles. The van der Waals surface area contributed by atoms with Crippen molar-refractivity contribution in [2.24, 2.45) is 5.92 Å². The summed E-state index contributed by atoms with van der Waals surface area (Å²) in [6.07, 6.45) is 5.76. The highest BCUT2D eigenvalue weighted by atomic mass is 15.0. The van der Waals surface area contributed by atoms with Gasteiger partial charge in [0.05, 0.1) is 0 Å². The fraction of sp³-hybridized carbons (Fsp3) is 1.00. The Hall–Kier alpha value is -0.0400. The van der Waals surface area contributed by atoms with Crippen molar-refractivity contribution in [3.63, 3.8) is 0 Å². The van der Waals surface area contributed by atoms with Crippen LogP contribution in [0, 0.1) is 5.92 Å². The number of rotatable bonds is 1. The zero-order valence-corrected chi connectivity index (χ0v) is 6.11. The predicted octanol–water partition coefficient (Wildman–Crippen LogP) is 1.54. The first-order valence-corrected chi connectivity index (χ1v) is 4.06. The average molecular weight is 125 g/mol. The highest BCUT2D eigenvalue weighted by Crippen LogP contribution is 2.43. The van der Waals surface area contributed by atoms with Gasteiger partial charge in [-0.1, -0.05) is 0 Å². The molecule has 0 bridgehead atoms. The first-order chi connectivity index (χ1) is 4.31. The van der Waals surface area contributed by atoms with E-state index in [4.69, 9.17) is 0 Å². The summed E-state index contributed by atoms with van der Waals surface area (Å²) in [6, 6.07) is 0. The zero-order valence-electron chi connectivity index (χ0n) is 6.11. The molecule has 0 aromatic rings. The van der Waals surface area contributed by atoms with Crippen LogP contribution in [-0.4, -0.2) is 12.1 Å². The van der Waals surface area contributed by atoms with Crippen LogP contribution in [0.1, 0.15) is 32.6 Å². The minimum atomic E-state index is 0.556. The summed E-state index contributed by atoms with van der Waals surface area (Å²) < 4.78 is 0. The minimum Gasteiger partial charge on any atom is -0.311 e. The second kappa shape index (κ2) is 1.72. The summed E-state index contributed by atoms with van der Waals surface area (Å²) in [5.41, 5.74) is 0.556. The maximum Gasteiger partial charge on any atom is 0.0181 e. The summed E-state index contributed by atoms with van der Waals surface area (Å²) in [5.74, 6) is 1.03. The van der Waals surface area contributed by atoms with Gasteiger partial charge in [0, 0.05) is 5.54 Å². The predicted molar refractivity (Wildman–Crippen MR) is 38.4 cm³/mol. The lowest BCUT2D eigenvalue weighted by molar-refractivity contribution is 0.361. The van der Waals surface area contributed by atoms with E-state index in [9.17, 15) is 0 Å². The van der Waals surface area contributed by atoms with Gasteiger partial charge in [0.15, 0.2) is 0 Å². The Balaban J connectivity index is 2.02. The molecular formula is C8H15N. The first kappa shape index (κ1) is 5.72. The maximum absolute atomic E-state index is 3.59. The largest absolute Gasteiger partial charge is 0.311 e. The monoisotopic (exact) mass is 125 g/mol. The van der Waals surface area contributed by atoms with E-state index in [1.54, 1.807) is 0 Å². The zero-order chi connectivity index (χ0) is 6.32. The summed E-state index contributed by atoms with van der Waals surface area (Å²) in [5, 5.41) is 3.59. The third kappa shape index (κ3) is 0.877. The molecule has 1 aliphatic heterocycles. The van der Waals surface area contributed by atoms with E-state index in [1.165, 1.54) is 32.2 Å². The lowest BCUT2D eigenvalue weighted by atomic mass is 9.94.